The predicted molar refractivity (Wildman–Crippen MR) is 65.8 cm³/mol. The van der Waals surface area contributed by atoms with Gasteiger partial charge in [-0.3, -0.25) is 0 Å². The highest BCUT2D eigenvalue weighted by Crippen LogP contribution is 2.12. The second kappa shape index (κ2) is 5.65. The minimum atomic E-state index is 0.397. The Morgan fingerprint density at radius 2 is 2.24 bits per heavy atom. The van der Waals surface area contributed by atoms with E-state index in [-0.39, 0.29) is 0 Å². The molecule has 0 bridgehead atoms. The number of hydrogen-bond donors (Lipinski definition) is 2. The Morgan fingerprint density at radius 1 is 1.35 bits per heavy atom. The number of nitrogens with zero attached hydrogens (tertiary/aromatic N) is 2. The Kier molecular flexibility index (Phi) is 3.95. The van der Waals surface area contributed by atoms with E-state index in [1.807, 2.05) is 24.3 Å². The molecule has 0 spiro atoms. The van der Waals surface area contributed by atoms with Crippen molar-refractivity contribution < 1.29 is 4.42 Å². The van der Waals surface area contributed by atoms with Gasteiger partial charge in [-0.2, -0.15) is 0 Å². The lowest BCUT2D eigenvalue weighted by atomic mass is 10.2. The van der Waals surface area contributed by atoms with Crippen molar-refractivity contribution in [2.24, 2.45) is 5.73 Å². The number of aromatic nitrogens is 2. The molecular formula is C11H13ClN4O. The van der Waals surface area contributed by atoms with Crippen LogP contribution in [0.3, 0.4) is 0 Å². The first-order chi connectivity index (χ1) is 8.28. The van der Waals surface area contributed by atoms with Crippen molar-refractivity contribution in [1.29, 1.82) is 0 Å². The van der Waals surface area contributed by atoms with E-state index in [9.17, 15) is 0 Å². The fourth-order valence-electron chi connectivity index (χ4n) is 1.37. The molecule has 0 saturated carbocycles. The number of nitrogens with one attached hydrogen (secondary N) is 1. The summed E-state index contributed by atoms with van der Waals surface area (Å²) < 4.78 is 5.33. The Balaban J connectivity index is 1.93. The third-order valence-electron chi connectivity index (χ3n) is 2.16. The van der Waals surface area contributed by atoms with Crippen LogP contribution in [0.15, 0.2) is 28.7 Å². The molecule has 6 heteroatoms. The molecule has 17 heavy (non-hydrogen) atoms. The largest absolute Gasteiger partial charge is 0.408 e. The Morgan fingerprint density at radius 3 is 3.00 bits per heavy atom. The normalized spacial score (nSPS) is 10.5. The highest BCUT2D eigenvalue weighted by molar-refractivity contribution is 6.30. The molecule has 1 heterocycles. The van der Waals surface area contributed by atoms with E-state index in [1.54, 1.807) is 0 Å². The summed E-state index contributed by atoms with van der Waals surface area (Å²) >= 11 is 5.88. The standard InChI is InChI=1S/C11H13ClN4O/c12-9-3-1-2-8(6-9)7-14-11-16-15-10(17-11)4-5-13/h1-3,6H,4-5,7,13H2,(H,14,16). The summed E-state index contributed by atoms with van der Waals surface area (Å²) in [6, 6.07) is 7.97. The molecule has 0 aliphatic heterocycles. The zero-order chi connectivity index (χ0) is 12.1. The van der Waals surface area contributed by atoms with E-state index >= 15 is 0 Å². The fourth-order valence-corrected chi connectivity index (χ4v) is 1.59. The van der Waals surface area contributed by atoms with Gasteiger partial charge >= 0.3 is 6.01 Å². The molecule has 2 aromatic rings. The van der Waals surface area contributed by atoms with Gasteiger partial charge in [0.1, 0.15) is 0 Å². The van der Waals surface area contributed by atoms with E-state index in [0.29, 0.717) is 36.4 Å². The molecule has 5 nitrogen and oxygen atoms in total. The van der Waals surface area contributed by atoms with Crippen molar-refractivity contribution in [1.82, 2.24) is 10.2 Å². The molecule has 90 valence electrons. The van der Waals surface area contributed by atoms with Crippen LogP contribution in [0, 0.1) is 0 Å². The molecule has 0 aliphatic rings. The maximum absolute atomic E-state index is 5.88. The van der Waals surface area contributed by atoms with Crippen LogP contribution in [0.2, 0.25) is 5.02 Å². The van der Waals surface area contributed by atoms with Gasteiger partial charge in [-0.25, -0.2) is 0 Å². The zero-order valence-corrected chi connectivity index (χ0v) is 9.94. The first-order valence-electron chi connectivity index (χ1n) is 5.28. The summed E-state index contributed by atoms with van der Waals surface area (Å²) in [6.45, 7) is 1.08. The van der Waals surface area contributed by atoms with Gasteiger partial charge in [-0.15, -0.1) is 5.10 Å². The number of rotatable bonds is 5. The highest BCUT2D eigenvalue weighted by atomic mass is 35.5. The molecule has 3 N–H and O–H groups in total. The minimum Gasteiger partial charge on any atom is -0.408 e. The van der Waals surface area contributed by atoms with Gasteiger partial charge in [-0.05, 0) is 17.7 Å². The summed E-state index contributed by atoms with van der Waals surface area (Å²) in [6.07, 6.45) is 0.589. The third kappa shape index (κ3) is 3.44. The van der Waals surface area contributed by atoms with E-state index in [0.717, 1.165) is 5.56 Å². The second-order valence-electron chi connectivity index (χ2n) is 3.52. The number of hydrogen-bond acceptors (Lipinski definition) is 5. The molecule has 0 atom stereocenters. The number of benzene rings is 1. The molecule has 2 rings (SSSR count). The van der Waals surface area contributed by atoms with E-state index in [2.05, 4.69) is 15.5 Å². The van der Waals surface area contributed by atoms with Gasteiger partial charge in [0.25, 0.3) is 0 Å². The van der Waals surface area contributed by atoms with E-state index in [4.69, 9.17) is 21.8 Å². The van der Waals surface area contributed by atoms with Crippen molar-refractivity contribution in [2.75, 3.05) is 11.9 Å². The average molecular weight is 253 g/mol. The van der Waals surface area contributed by atoms with Crippen molar-refractivity contribution in [3.05, 3.63) is 40.7 Å². The third-order valence-corrected chi connectivity index (χ3v) is 2.39. The van der Waals surface area contributed by atoms with E-state index in [1.165, 1.54) is 0 Å². The summed E-state index contributed by atoms with van der Waals surface area (Å²) in [5.74, 6) is 0.543. The monoisotopic (exact) mass is 252 g/mol. The van der Waals surface area contributed by atoms with Crippen molar-refractivity contribution in [2.45, 2.75) is 13.0 Å². The molecule has 0 amide bonds. The summed E-state index contributed by atoms with van der Waals surface area (Å²) in [7, 11) is 0. The first-order valence-corrected chi connectivity index (χ1v) is 5.66. The molecule has 0 radical (unpaired) electrons. The minimum absolute atomic E-state index is 0.397. The van der Waals surface area contributed by atoms with Gasteiger partial charge in [-0.1, -0.05) is 28.8 Å². The predicted octanol–water partition coefficient (Wildman–Crippen LogP) is 1.84. The van der Waals surface area contributed by atoms with E-state index < -0.39 is 0 Å². The molecule has 1 aromatic heterocycles. The van der Waals surface area contributed by atoms with Gasteiger partial charge in [0.05, 0.1) is 0 Å². The zero-order valence-electron chi connectivity index (χ0n) is 9.19. The molecule has 0 unspecified atom stereocenters. The number of anilines is 1. The molecule has 0 aliphatic carbocycles. The average Bonchev–Trinajstić information content (AvgIpc) is 2.75. The van der Waals surface area contributed by atoms with Crippen LogP contribution >= 0.6 is 11.6 Å². The molecular weight excluding hydrogens is 240 g/mol. The number of nitrogens with two attached hydrogens (primary N) is 1. The van der Waals surface area contributed by atoms with Gasteiger partial charge < -0.3 is 15.5 Å². The lowest BCUT2D eigenvalue weighted by Crippen LogP contribution is -2.02. The van der Waals surface area contributed by atoms with Crippen LogP contribution in [0.5, 0.6) is 0 Å². The lowest BCUT2D eigenvalue weighted by Gasteiger charge is -2.01. The Labute approximate surface area is 104 Å². The maximum Gasteiger partial charge on any atom is 0.315 e. The SMILES string of the molecule is NCCc1nnc(NCc2cccc(Cl)c2)o1. The van der Waals surface area contributed by atoms with Gasteiger partial charge in [0.2, 0.25) is 5.89 Å². The van der Waals surface area contributed by atoms with Crippen molar-refractivity contribution in [3.8, 4) is 0 Å². The Hall–Kier alpha value is -1.59. The molecule has 1 aromatic carbocycles. The second-order valence-corrected chi connectivity index (χ2v) is 3.96. The molecule has 0 saturated heterocycles. The topological polar surface area (TPSA) is 77.0 Å². The Bertz CT molecular complexity index is 486. The van der Waals surface area contributed by atoms with Crippen LogP contribution in [-0.4, -0.2) is 16.7 Å². The van der Waals surface area contributed by atoms with Crippen molar-refractivity contribution in [3.63, 3.8) is 0 Å². The van der Waals surface area contributed by atoms with Gasteiger partial charge in [0.15, 0.2) is 0 Å². The van der Waals surface area contributed by atoms with Crippen LogP contribution in [0.4, 0.5) is 6.01 Å². The quantitative estimate of drug-likeness (QED) is 0.849. The van der Waals surface area contributed by atoms with Crippen LogP contribution < -0.4 is 11.1 Å². The first kappa shape index (κ1) is 11.9. The van der Waals surface area contributed by atoms with Crippen LogP contribution in [0.25, 0.3) is 0 Å². The van der Waals surface area contributed by atoms with Crippen LogP contribution in [-0.2, 0) is 13.0 Å². The maximum atomic E-state index is 5.88. The summed E-state index contributed by atoms with van der Waals surface area (Å²) in [4.78, 5) is 0. The van der Waals surface area contributed by atoms with Gasteiger partial charge in [0, 0.05) is 24.5 Å². The smallest absolute Gasteiger partial charge is 0.315 e. The van der Waals surface area contributed by atoms with Crippen molar-refractivity contribution >= 4 is 17.6 Å². The highest BCUT2D eigenvalue weighted by Gasteiger charge is 2.04. The summed E-state index contributed by atoms with van der Waals surface area (Å²) in [5.41, 5.74) is 6.44. The number of halogens is 1. The summed E-state index contributed by atoms with van der Waals surface area (Å²) in [5, 5.41) is 11.4. The fraction of sp³-hybridized carbons (Fsp3) is 0.273. The molecule has 0 fully saturated rings. The van der Waals surface area contributed by atoms with Crippen LogP contribution in [0.1, 0.15) is 11.5 Å². The lowest BCUT2D eigenvalue weighted by molar-refractivity contribution is 0.505.